The molecule has 0 aliphatic rings. The molecule has 0 radical (unpaired) electrons. The van der Waals surface area contributed by atoms with Gasteiger partial charge in [0.2, 0.25) is 11.8 Å². The minimum atomic E-state index is -2.30. The van der Waals surface area contributed by atoms with Crippen LogP contribution in [0.3, 0.4) is 0 Å². The number of carboxylic acid groups (broad SMARTS) is 2. The molecule has 4 N–H and O–H groups in total. The Morgan fingerprint density at radius 1 is 0.964 bits per heavy atom. The highest BCUT2D eigenvalue weighted by atomic mass is 16.4. The first-order chi connectivity index (χ1) is 13.3. The van der Waals surface area contributed by atoms with E-state index >= 15 is 0 Å². The van der Waals surface area contributed by atoms with Crippen LogP contribution >= 0.6 is 0 Å². The first-order valence-corrected chi connectivity index (χ1v) is 9.37. The van der Waals surface area contributed by atoms with E-state index in [0.717, 1.165) is 0 Å². The van der Waals surface area contributed by atoms with E-state index in [0.29, 0.717) is 37.1 Å². The number of aliphatic carboxylic acids is 2. The highest BCUT2D eigenvalue weighted by Gasteiger charge is 2.52. The number of carboxylic acids is 2. The Morgan fingerprint density at radius 2 is 1.57 bits per heavy atom. The fraction of sp³-hybridized carbons (Fsp3) is 0.500. The lowest BCUT2D eigenvalue weighted by molar-refractivity contribution is -0.171. The molecular weight excluding hydrogens is 364 g/mol. The lowest BCUT2D eigenvalue weighted by Gasteiger charge is -2.39. The molecule has 0 fully saturated rings. The molecule has 1 aromatic carbocycles. The molecule has 0 heterocycles. The number of hydrogen-bond donors (Lipinski definition) is 3. The van der Waals surface area contributed by atoms with Gasteiger partial charge in [-0.2, -0.15) is 0 Å². The third-order valence-electron chi connectivity index (χ3n) is 4.45. The zero-order valence-corrected chi connectivity index (χ0v) is 16.1. The predicted octanol–water partition coefficient (Wildman–Crippen LogP) is 2.12. The highest BCUT2D eigenvalue weighted by Crippen LogP contribution is 2.35. The summed E-state index contributed by atoms with van der Waals surface area (Å²) < 4.78 is 0. The standard InChI is InChI=1S/C20H28N2O6/c1-2-9-16(23)22(17(24)12-7-4-8-13-21)20(19(27)28,14-18(25)26)15-10-5-3-6-11-15/h3,5-6,10-11H,2,4,7-9,12-14,21H2,1H3,(H,25,26)(H,27,28)/t20-/m1/s1. The highest BCUT2D eigenvalue weighted by molar-refractivity contribution is 6.02. The second-order valence-electron chi connectivity index (χ2n) is 6.57. The second kappa shape index (κ2) is 11.2. The van der Waals surface area contributed by atoms with E-state index in [9.17, 15) is 29.4 Å². The van der Waals surface area contributed by atoms with Gasteiger partial charge in [0.25, 0.3) is 0 Å². The quantitative estimate of drug-likeness (QED) is 0.463. The van der Waals surface area contributed by atoms with Crippen molar-refractivity contribution in [3.63, 3.8) is 0 Å². The van der Waals surface area contributed by atoms with Gasteiger partial charge in [0, 0.05) is 12.8 Å². The molecule has 1 atom stereocenters. The molecule has 8 nitrogen and oxygen atoms in total. The van der Waals surface area contributed by atoms with Gasteiger partial charge >= 0.3 is 11.9 Å². The summed E-state index contributed by atoms with van der Waals surface area (Å²) in [5.74, 6) is -4.36. The summed E-state index contributed by atoms with van der Waals surface area (Å²) in [5, 5.41) is 19.5. The van der Waals surface area contributed by atoms with E-state index in [2.05, 4.69) is 0 Å². The van der Waals surface area contributed by atoms with Crippen LogP contribution in [0.25, 0.3) is 0 Å². The first-order valence-electron chi connectivity index (χ1n) is 9.37. The molecule has 0 unspecified atom stereocenters. The average Bonchev–Trinajstić information content (AvgIpc) is 2.65. The van der Waals surface area contributed by atoms with Crippen molar-refractivity contribution in [3.8, 4) is 0 Å². The number of nitrogens with two attached hydrogens (primary N) is 1. The van der Waals surface area contributed by atoms with Gasteiger partial charge in [-0.15, -0.1) is 0 Å². The average molecular weight is 392 g/mol. The number of nitrogens with zero attached hydrogens (tertiary/aromatic N) is 1. The minimum Gasteiger partial charge on any atom is -0.481 e. The molecule has 8 heteroatoms. The second-order valence-corrected chi connectivity index (χ2v) is 6.57. The molecule has 0 spiro atoms. The van der Waals surface area contributed by atoms with Crippen molar-refractivity contribution in [1.82, 2.24) is 4.90 Å². The zero-order valence-electron chi connectivity index (χ0n) is 16.1. The number of hydrogen-bond acceptors (Lipinski definition) is 5. The molecule has 0 aromatic heterocycles. The number of carbonyl (C=O) groups is 4. The number of benzene rings is 1. The molecule has 1 aromatic rings. The smallest absolute Gasteiger partial charge is 0.335 e. The van der Waals surface area contributed by atoms with Crippen LogP contribution in [-0.4, -0.2) is 45.4 Å². The molecule has 2 amide bonds. The number of amides is 2. The largest absolute Gasteiger partial charge is 0.481 e. The molecule has 0 aliphatic carbocycles. The van der Waals surface area contributed by atoms with Crippen molar-refractivity contribution in [3.05, 3.63) is 35.9 Å². The summed E-state index contributed by atoms with van der Waals surface area (Å²) in [6, 6.07) is 7.58. The van der Waals surface area contributed by atoms with Crippen LogP contribution in [0.5, 0.6) is 0 Å². The van der Waals surface area contributed by atoms with E-state index in [1.807, 2.05) is 0 Å². The number of carbonyl (C=O) groups excluding carboxylic acids is 2. The topological polar surface area (TPSA) is 138 Å². The van der Waals surface area contributed by atoms with Gasteiger partial charge in [-0.25, -0.2) is 4.79 Å². The van der Waals surface area contributed by atoms with Crippen molar-refractivity contribution in [2.75, 3.05) is 6.54 Å². The predicted molar refractivity (Wildman–Crippen MR) is 102 cm³/mol. The monoisotopic (exact) mass is 392 g/mol. The Bertz CT molecular complexity index is 691. The lowest BCUT2D eigenvalue weighted by Crippen LogP contribution is -2.58. The van der Waals surface area contributed by atoms with Crippen molar-refractivity contribution in [2.45, 2.75) is 57.4 Å². The van der Waals surface area contributed by atoms with Gasteiger partial charge < -0.3 is 15.9 Å². The molecular formula is C20H28N2O6. The molecule has 0 bridgehead atoms. The minimum absolute atomic E-state index is 0.0586. The zero-order chi connectivity index (χ0) is 21.2. The van der Waals surface area contributed by atoms with Crippen LogP contribution in [0.15, 0.2) is 30.3 Å². The van der Waals surface area contributed by atoms with Gasteiger partial charge in [-0.05, 0) is 31.4 Å². The van der Waals surface area contributed by atoms with Crippen LogP contribution in [0, 0.1) is 0 Å². The van der Waals surface area contributed by atoms with Crippen LogP contribution < -0.4 is 5.73 Å². The molecule has 28 heavy (non-hydrogen) atoms. The number of unbranched alkanes of at least 4 members (excludes halogenated alkanes) is 2. The number of rotatable bonds is 12. The van der Waals surface area contributed by atoms with Crippen LogP contribution in [0.2, 0.25) is 0 Å². The summed E-state index contributed by atoms with van der Waals surface area (Å²) in [6.45, 7) is 2.19. The summed E-state index contributed by atoms with van der Waals surface area (Å²) in [7, 11) is 0. The first kappa shape index (κ1) is 23.3. The fourth-order valence-corrected chi connectivity index (χ4v) is 3.14. The van der Waals surface area contributed by atoms with Crippen LogP contribution in [0.1, 0.15) is 57.4 Å². The SMILES string of the molecule is CCCC(=O)N(C(=O)CCCCCN)[C@@](CC(=O)O)(C(=O)O)c1ccccc1. The summed E-state index contributed by atoms with van der Waals surface area (Å²) in [4.78, 5) is 50.3. The van der Waals surface area contributed by atoms with Gasteiger partial charge in [-0.3, -0.25) is 19.3 Å². The Morgan fingerprint density at radius 3 is 2.07 bits per heavy atom. The molecule has 0 saturated carbocycles. The number of imide groups is 1. The van der Waals surface area contributed by atoms with Crippen molar-refractivity contribution in [2.24, 2.45) is 5.73 Å². The Labute approximate surface area is 164 Å². The molecule has 154 valence electrons. The van der Waals surface area contributed by atoms with E-state index < -0.39 is 35.7 Å². The molecule has 0 aliphatic heterocycles. The van der Waals surface area contributed by atoms with Crippen LogP contribution in [0.4, 0.5) is 0 Å². The van der Waals surface area contributed by atoms with Crippen molar-refractivity contribution >= 4 is 23.8 Å². The summed E-state index contributed by atoms with van der Waals surface area (Å²) >= 11 is 0. The third kappa shape index (κ3) is 5.63. The maximum absolute atomic E-state index is 12.9. The Balaban J connectivity index is 3.48. The van der Waals surface area contributed by atoms with Gasteiger partial charge in [-0.1, -0.05) is 43.7 Å². The van der Waals surface area contributed by atoms with Crippen molar-refractivity contribution in [1.29, 1.82) is 0 Å². The third-order valence-corrected chi connectivity index (χ3v) is 4.45. The summed E-state index contributed by atoms with van der Waals surface area (Å²) in [5.41, 5.74) is 3.21. The Hall–Kier alpha value is -2.74. The van der Waals surface area contributed by atoms with Gasteiger partial charge in [0.1, 0.15) is 0 Å². The van der Waals surface area contributed by atoms with Crippen LogP contribution in [-0.2, 0) is 24.7 Å². The Kier molecular flexibility index (Phi) is 9.31. The lowest BCUT2D eigenvalue weighted by atomic mass is 9.83. The van der Waals surface area contributed by atoms with E-state index in [-0.39, 0.29) is 18.4 Å². The summed E-state index contributed by atoms with van der Waals surface area (Å²) in [6.07, 6.45) is 1.15. The van der Waals surface area contributed by atoms with Gasteiger partial charge in [0.05, 0.1) is 6.42 Å². The normalized spacial score (nSPS) is 12.8. The molecule has 1 rings (SSSR count). The molecule has 0 saturated heterocycles. The van der Waals surface area contributed by atoms with E-state index in [1.54, 1.807) is 25.1 Å². The maximum Gasteiger partial charge on any atom is 0.335 e. The van der Waals surface area contributed by atoms with Gasteiger partial charge in [0.15, 0.2) is 5.54 Å². The van der Waals surface area contributed by atoms with E-state index in [1.165, 1.54) is 12.1 Å². The maximum atomic E-state index is 12.9. The van der Waals surface area contributed by atoms with Crippen molar-refractivity contribution < 1.29 is 29.4 Å². The fourth-order valence-electron chi connectivity index (χ4n) is 3.14. The van der Waals surface area contributed by atoms with E-state index in [4.69, 9.17) is 5.73 Å².